The van der Waals surface area contributed by atoms with Crippen molar-refractivity contribution in [3.8, 4) is 11.1 Å². The smallest absolute Gasteiger partial charge is 0.367 e. The van der Waals surface area contributed by atoms with Crippen LogP contribution in [0.15, 0.2) is 59.1 Å². The van der Waals surface area contributed by atoms with Crippen LogP contribution < -0.4 is 16.4 Å². The molecule has 0 spiro atoms. The number of amides is 2. The topological polar surface area (TPSA) is 93.2 Å². The van der Waals surface area contributed by atoms with Crippen LogP contribution in [0.2, 0.25) is 0 Å². The van der Waals surface area contributed by atoms with Crippen molar-refractivity contribution in [1.82, 2.24) is 5.16 Å². The van der Waals surface area contributed by atoms with E-state index in [0.717, 1.165) is 11.1 Å². The molecule has 0 atom stereocenters. The lowest BCUT2D eigenvalue weighted by molar-refractivity contribution is -0.143. The maximum Gasteiger partial charge on any atom is 0.416 e. The quantitative estimate of drug-likeness (QED) is 0.266. The highest BCUT2D eigenvalue weighted by molar-refractivity contribution is 6.03. The molecular formula is C23H16F6N4O2. The summed E-state index contributed by atoms with van der Waals surface area (Å²) in [6.45, 7) is 1.85. The van der Waals surface area contributed by atoms with Crippen molar-refractivity contribution in [3.05, 3.63) is 71.3 Å². The molecule has 0 unspecified atom stereocenters. The highest BCUT2D eigenvalue weighted by Gasteiger charge is 2.37. The fraction of sp³-hybridized carbons (Fsp3) is 0.130. The normalized spacial score (nSPS) is 12.1. The molecule has 0 fully saturated rings. The Labute approximate surface area is 193 Å². The average molecular weight is 494 g/mol. The molecule has 0 aliphatic carbocycles. The minimum absolute atomic E-state index is 0.0217. The summed E-state index contributed by atoms with van der Waals surface area (Å²) >= 11 is 0. The molecule has 2 amide bonds. The number of hydrogen-bond donors (Lipinski definition) is 3. The fourth-order valence-corrected chi connectivity index (χ4v) is 3.50. The summed E-state index contributed by atoms with van der Waals surface area (Å²) in [6.07, 6.45) is -10.1. The average Bonchev–Trinajstić information content (AvgIpc) is 3.16. The summed E-state index contributed by atoms with van der Waals surface area (Å²) in [7, 11) is 0. The van der Waals surface area contributed by atoms with Crippen molar-refractivity contribution in [1.29, 1.82) is 0 Å². The number of anilines is 3. The maximum atomic E-state index is 13.0. The molecule has 0 saturated carbocycles. The van der Waals surface area contributed by atoms with Crippen LogP contribution >= 0.6 is 0 Å². The van der Waals surface area contributed by atoms with Crippen LogP contribution in [0.4, 0.5) is 48.4 Å². The number of aryl methyl sites for hydroxylation is 1. The molecule has 4 rings (SSSR count). The molecule has 35 heavy (non-hydrogen) atoms. The Hall–Kier alpha value is -4.22. The molecule has 1 heterocycles. The lowest BCUT2D eigenvalue weighted by Gasteiger charge is -2.15. The summed E-state index contributed by atoms with van der Waals surface area (Å²) in [5.74, 6) is 0.139. The van der Waals surface area contributed by atoms with Crippen LogP contribution in [0, 0.1) is 6.92 Å². The minimum Gasteiger partial charge on any atom is -0.367 e. The van der Waals surface area contributed by atoms with Crippen LogP contribution in [0.5, 0.6) is 0 Å². The molecule has 12 heteroatoms. The van der Waals surface area contributed by atoms with Gasteiger partial charge in [-0.3, -0.25) is 0 Å². The number of carbonyl (C=O) groups excluding carboxylic acids is 1. The van der Waals surface area contributed by atoms with Gasteiger partial charge in [-0.15, -0.1) is 0 Å². The molecule has 0 bridgehead atoms. The monoisotopic (exact) mass is 494 g/mol. The Morgan fingerprint density at radius 2 is 1.43 bits per heavy atom. The second kappa shape index (κ2) is 8.53. The first kappa shape index (κ1) is 23.9. The number of urea groups is 1. The first-order valence-corrected chi connectivity index (χ1v) is 9.95. The van der Waals surface area contributed by atoms with Crippen LogP contribution in [0.1, 0.15) is 16.7 Å². The number of nitrogens with two attached hydrogens (primary N) is 1. The first-order chi connectivity index (χ1) is 16.3. The molecule has 0 aliphatic heterocycles. The summed E-state index contributed by atoms with van der Waals surface area (Å²) in [5, 5.41) is 8.94. The van der Waals surface area contributed by atoms with E-state index in [0.29, 0.717) is 28.6 Å². The summed E-state index contributed by atoms with van der Waals surface area (Å²) in [4.78, 5) is 12.3. The van der Waals surface area contributed by atoms with Gasteiger partial charge in [0.1, 0.15) is 5.52 Å². The number of halogens is 6. The van der Waals surface area contributed by atoms with Gasteiger partial charge in [0, 0.05) is 11.4 Å². The first-order valence-electron chi connectivity index (χ1n) is 9.95. The van der Waals surface area contributed by atoms with Gasteiger partial charge in [0.2, 0.25) is 5.88 Å². The van der Waals surface area contributed by atoms with Crippen molar-refractivity contribution in [2.24, 2.45) is 0 Å². The largest absolute Gasteiger partial charge is 0.416 e. The number of benzene rings is 3. The molecule has 3 aromatic carbocycles. The van der Waals surface area contributed by atoms with Crippen LogP contribution in [-0.2, 0) is 12.4 Å². The van der Waals surface area contributed by atoms with E-state index in [-0.39, 0.29) is 17.6 Å². The van der Waals surface area contributed by atoms with Crippen molar-refractivity contribution in [2.45, 2.75) is 19.3 Å². The van der Waals surface area contributed by atoms with Gasteiger partial charge in [-0.25, -0.2) is 4.79 Å². The molecule has 6 nitrogen and oxygen atoms in total. The van der Waals surface area contributed by atoms with E-state index in [9.17, 15) is 31.1 Å². The zero-order valence-corrected chi connectivity index (χ0v) is 17.8. The van der Waals surface area contributed by atoms with Crippen LogP contribution in [-0.4, -0.2) is 11.2 Å². The molecule has 0 saturated heterocycles. The van der Waals surface area contributed by atoms with Gasteiger partial charge < -0.3 is 20.9 Å². The number of nitrogen functional groups attached to an aromatic ring is 1. The van der Waals surface area contributed by atoms with E-state index < -0.39 is 35.2 Å². The van der Waals surface area contributed by atoms with Gasteiger partial charge >= 0.3 is 18.4 Å². The number of carbonyl (C=O) groups is 1. The molecule has 1 aromatic heterocycles. The van der Waals surface area contributed by atoms with Crippen molar-refractivity contribution < 1.29 is 35.7 Å². The Morgan fingerprint density at radius 1 is 0.857 bits per heavy atom. The van der Waals surface area contributed by atoms with Crippen molar-refractivity contribution in [3.63, 3.8) is 0 Å². The third-order valence-corrected chi connectivity index (χ3v) is 5.16. The highest BCUT2D eigenvalue weighted by Crippen LogP contribution is 2.38. The number of hydrogen-bond acceptors (Lipinski definition) is 4. The van der Waals surface area contributed by atoms with Gasteiger partial charge in [0.25, 0.3) is 0 Å². The molecule has 4 N–H and O–H groups in total. The van der Waals surface area contributed by atoms with Crippen molar-refractivity contribution >= 4 is 34.2 Å². The second-order valence-corrected chi connectivity index (χ2v) is 7.65. The minimum atomic E-state index is -5.03. The number of nitrogens with zero attached hydrogens (tertiary/aromatic N) is 1. The molecular weight excluding hydrogens is 478 g/mol. The second-order valence-electron chi connectivity index (χ2n) is 7.65. The van der Waals surface area contributed by atoms with Gasteiger partial charge in [-0.2, -0.15) is 26.3 Å². The van der Waals surface area contributed by atoms with Gasteiger partial charge in [0.15, 0.2) is 0 Å². The summed E-state index contributed by atoms with van der Waals surface area (Å²) in [6, 6.07) is 9.78. The van der Waals surface area contributed by atoms with E-state index in [2.05, 4.69) is 10.5 Å². The third kappa shape index (κ3) is 5.00. The lowest BCUT2D eigenvalue weighted by atomic mass is 9.99. The molecule has 182 valence electrons. The molecule has 0 aliphatic rings. The van der Waals surface area contributed by atoms with E-state index >= 15 is 0 Å². The number of aromatic nitrogens is 1. The number of fused-ring (bicyclic) bond motifs is 1. The Balaban J connectivity index is 1.54. The van der Waals surface area contributed by atoms with E-state index in [1.807, 2.05) is 24.4 Å². The molecule has 0 radical (unpaired) electrons. The van der Waals surface area contributed by atoms with Crippen LogP contribution in [0.25, 0.3) is 22.0 Å². The maximum absolute atomic E-state index is 13.0. The van der Waals surface area contributed by atoms with E-state index in [1.54, 1.807) is 12.1 Å². The van der Waals surface area contributed by atoms with Crippen molar-refractivity contribution in [2.75, 3.05) is 16.4 Å². The zero-order valence-electron chi connectivity index (χ0n) is 17.8. The number of alkyl halides is 6. The molecule has 4 aromatic rings. The highest BCUT2D eigenvalue weighted by atomic mass is 19.4. The van der Waals surface area contributed by atoms with Gasteiger partial charge in [-0.05, 0) is 53.9 Å². The van der Waals surface area contributed by atoms with E-state index in [1.165, 1.54) is 12.1 Å². The number of nitrogens with one attached hydrogen (secondary N) is 2. The van der Waals surface area contributed by atoms with Gasteiger partial charge in [0.05, 0.1) is 16.5 Å². The summed E-state index contributed by atoms with van der Waals surface area (Å²) < 4.78 is 83.1. The third-order valence-electron chi connectivity index (χ3n) is 5.16. The summed E-state index contributed by atoms with van der Waals surface area (Å²) in [5.41, 5.74) is 5.30. The Morgan fingerprint density at radius 3 is 2.00 bits per heavy atom. The fourth-order valence-electron chi connectivity index (χ4n) is 3.50. The Bertz CT molecular complexity index is 1380. The Kier molecular flexibility index (Phi) is 5.83. The lowest BCUT2D eigenvalue weighted by Crippen LogP contribution is -2.20. The van der Waals surface area contributed by atoms with E-state index in [4.69, 9.17) is 10.3 Å². The predicted octanol–water partition coefficient (Wildman–Crippen LogP) is 7.07. The standard InChI is InChI=1S/C23H16F6N4O2/c1-11-2-7-17(18-19(11)33-35-20(18)30)12-3-5-15(6-4-12)31-21(34)32-16-9-13(22(24,25)26)8-14(10-16)23(27,28)29/h2-10H,30H2,1H3,(H2,31,32,34). The van der Waals surface area contributed by atoms with Crippen LogP contribution in [0.3, 0.4) is 0 Å². The number of rotatable bonds is 3. The SMILES string of the molecule is Cc1ccc(-c2ccc(NC(=O)Nc3cc(C(F)(F)F)cc(C(F)(F)F)c3)cc2)c2c(N)onc12. The zero-order chi connectivity index (χ0) is 25.5. The van der Waals surface area contributed by atoms with Gasteiger partial charge in [-0.1, -0.05) is 29.4 Å². The predicted molar refractivity (Wildman–Crippen MR) is 118 cm³/mol.